The lowest BCUT2D eigenvalue weighted by Crippen LogP contribution is -2.00. The Hall–Kier alpha value is -2.82. The van der Waals surface area contributed by atoms with Crippen LogP contribution in [0.3, 0.4) is 0 Å². The maximum absolute atomic E-state index is 13.7. The van der Waals surface area contributed by atoms with Crippen LogP contribution >= 0.6 is 0 Å². The predicted octanol–water partition coefficient (Wildman–Crippen LogP) is 4.83. The van der Waals surface area contributed by atoms with Gasteiger partial charge in [0.2, 0.25) is 0 Å². The van der Waals surface area contributed by atoms with E-state index in [0.717, 1.165) is 29.2 Å². The van der Waals surface area contributed by atoms with Gasteiger partial charge in [-0.25, -0.2) is 13.8 Å². The van der Waals surface area contributed by atoms with Gasteiger partial charge in [-0.2, -0.15) is 0 Å². The van der Waals surface area contributed by atoms with Crippen molar-refractivity contribution >= 4 is 23.2 Å². The van der Waals surface area contributed by atoms with Crippen molar-refractivity contribution in [2.75, 3.05) is 0 Å². The Labute approximate surface area is 138 Å². The number of benzene rings is 1. The van der Waals surface area contributed by atoms with Crippen molar-refractivity contribution in [1.82, 2.24) is 14.5 Å². The molecule has 5 heteroatoms. The molecule has 0 saturated carbocycles. The van der Waals surface area contributed by atoms with E-state index in [4.69, 9.17) is 0 Å². The molecular weight excluding hydrogens is 308 g/mol. The first-order chi connectivity index (χ1) is 11.7. The zero-order chi connectivity index (χ0) is 16.7. The molecule has 4 rings (SSSR count). The van der Waals surface area contributed by atoms with Gasteiger partial charge in [0.05, 0.1) is 11.0 Å². The molecule has 0 saturated heterocycles. The lowest BCUT2D eigenvalue weighted by molar-refractivity contribution is 0.510. The summed E-state index contributed by atoms with van der Waals surface area (Å²) in [7, 11) is 0. The third kappa shape index (κ3) is 2.24. The molecule has 0 spiro atoms. The standard InChI is InChI=1S/C19H15F2N3/c1-2-24-18-9-16(21)15(20)8-17(18)23-19(24)14-11-22-10-12-6-4-3-5-7-13(12)14/h4-11H,2-3H2,1H3. The minimum absolute atomic E-state index is 0.441. The molecule has 24 heavy (non-hydrogen) atoms. The molecular formula is C19H15F2N3. The molecule has 1 aromatic carbocycles. The third-order valence-corrected chi connectivity index (χ3v) is 4.22. The average molecular weight is 323 g/mol. The van der Waals surface area contributed by atoms with Gasteiger partial charge in [-0.3, -0.25) is 4.98 Å². The number of halogens is 2. The van der Waals surface area contributed by atoms with Gasteiger partial charge in [-0.05, 0) is 18.9 Å². The van der Waals surface area contributed by atoms with Crippen molar-refractivity contribution in [3.8, 4) is 11.4 Å². The summed E-state index contributed by atoms with van der Waals surface area (Å²) < 4.78 is 29.1. The normalized spacial score (nSPS) is 13.3. The highest BCUT2D eigenvalue weighted by molar-refractivity contribution is 5.85. The van der Waals surface area contributed by atoms with Gasteiger partial charge >= 0.3 is 0 Å². The average Bonchev–Trinajstić information content (AvgIpc) is 2.77. The Kier molecular flexibility index (Phi) is 3.49. The van der Waals surface area contributed by atoms with Crippen molar-refractivity contribution < 1.29 is 8.78 Å². The first kappa shape index (κ1) is 14.8. The van der Waals surface area contributed by atoms with Gasteiger partial charge in [-0.1, -0.05) is 24.3 Å². The van der Waals surface area contributed by atoms with Gasteiger partial charge in [0.1, 0.15) is 5.82 Å². The fraction of sp³-hybridized carbons (Fsp3) is 0.158. The molecule has 120 valence electrons. The van der Waals surface area contributed by atoms with Crippen molar-refractivity contribution in [3.05, 3.63) is 59.4 Å². The number of hydrogen-bond donors (Lipinski definition) is 0. The van der Waals surface area contributed by atoms with E-state index in [2.05, 4.69) is 22.1 Å². The first-order valence-electron chi connectivity index (χ1n) is 7.85. The zero-order valence-corrected chi connectivity index (χ0v) is 13.1. The summed E-state index contributed by atoms with van der Waals surface area (Å²) in [6.07, 6.45) is 12.6. The maximum Gasteiger partial charge on any atom is 0.161 e. The van der Waals surface area contributed by atoms with E-state index in [1.807, 2.05) is 29.8 Å². The summed E-state index contributed by atoms with van der Waals surface area (Å²) in [6.45, 7) is 2.55. The molecule has 0 radical (unpaired) electrons. The van der Waals surface area contributed by atoms with Crippen LogP contribution in [0.5, 0.6) is 0 Å². The van der Waals surface area contributed by atoms with Crippen molar-refractivity contribution in [1.29, 1.82) is 0 Å². The van der Waals surface area contributed by atoms with Crippen LogP contribution in [-0.2, 0) is 6.54 Å². The van der Waals surface area contributed by atoms with E-state index < -0.39 is 11.6 Å². The van der Waals surface area contributed by atoms with Gasteiger partial charge in [0.25, 0.3) is 0 Å². The molecule has 0 aliphatic heterocycles. The number of fused-ring (bicyclic) bond motifs is 2. The Morgan fingerprint density at radius 1 is 1.08 bits per heavy atom. The second kappa shape index (κ2) is 5.67. The fourth-order valence-corrected chi connectivity index (χ4v) is 3.09. The number of aryl methyl sites for hydroxylation is 1. The monoisotopic (exact) mass is 323 g/mol. The van der Waals surface area contributed by atoms with Gasteiger partial charge in [0.15, 0.2) is 11.6 Å². The first-order valence-corrected chi connectivity index (χ1v) is 7.85. The van der Waals surface area contributed by atoms with Crippen LogP contribution < -0.4 is 0 Å². The van der Waals surface area contributed by atoms with E-state index in [1.54, 1.807) is 6.20 Å². The predicted molar refractivity (Wildman–Crippen MR) is 91.2 cm³/mol. The molecule has 0 atom stereocenters. The van der Waals surface area contributed by atoms with E-state index in [-0.39, 0.29) is 0 Å². The van der Waals surface area contributed by atoms with E-state index in [9.17, 15) is 8.78 Å². The maximum atomic E-state index is 13.7. The number of nitrogens with zero attached hydrogens (tertiary/aromatic N) is 3. The minimum atomic E-state index is -0.886. The molecule has 0 fully saturated rings. The Morgan fingerprint density at radius 2 is 1.88 bits per heavy atom. The molecule has 0 unspecified atom stereocenters. The van der Waals surface area contributed by atoms with Crippen LogP contribution in [0, 0.1) is 11.6 Å². The second-order valence-electron chi connectivity index (χ2n) is 5.67. The zero-order valence-electron chi connectivity index (χ0n) is 13.1. The Balaban J connectivity index is 2.03. The highest BCUT2D eigenvalue weighted by Crippen LogP contribution is 2.31. The topological polar surface area (TPSA) is 30.7 Å². The fourth-order valence-electron chi connectivity index (χ4n) is 3.09. The number of aromatic nitrogens is 3. The summed E-state index contributed by atoms with van der Waals surface area (Å²) >= 11 is 0. The smallest absolute Gasteiger partial charge is 0.161 e. The van der Waals surface area contributed by atoms with Gasteiger partial charge < -0.3 is 4.57 Å². The summed E-state index contributed by atoms with van der Waals surface area (Å²) in [5.41, 5.74) is 3.90. The second-order valence-corrected chi connectivity index (χ2v) is 5.67. The largest absolute Gasteiger partial charge is 0.324 e. The number of hydrogen-bond acceptors (Lipinski definition) is 2. The van der Waals surface area contributed by atoms with Crippen molar-refractivity contribution in [2.24, 2.45) is 0 Å². The Morgan fingerprint density at radius 3 is 2.71 bits per heavy atom. The quantitative estimate of drug-likeness (QED) is 0.676. The molecule has 1 aliphatic carbocycles. The SMILES string of the molecule is CCn1c(-c2cncc3c2C=CCC=C3)nc2cc(F)c(F)cc21. The van der Waals surface area contributed by atoms with E-state index in [1.165, 1.54) is 6.07 Å². The summed E-state index contributed by atoms with van der Waals surface area (Å²) in [5.74, 6) is -1.08. The highest BCUT2D eigenvalue weighted by Gasteiger charge is 2.18. The van der Waals surface area contributed by atoms with E-state index in [0.29, 0.717) is 23.4 Å². The minimum Gasteiger partial charge on any atom is -0.324 e. The Bertz CT molecular complexity index is 1000. The molecule has 1 aliphatic rings. The number of rotatable bonds is 2. The van der Waals surface area contributed by atoms with Crippen LogP contribution in [0.25, 0.3) is 34.6 Å². The molecule has 0 amide bonds. The molecule has 2 heterocycles. The van der Waals surface area contributed by atoms with Crippen LogP contribution in [0.2, 0.25) is 0 Å². The lowest BCUT2D eigenvalue weighted by Gasteiger charge is -2.10. The summed E-state index contributed by atoms with van der Waals surface area (Å²) in [6, 6.07) is 2.35. The van der Waals surface area contributed by atoms with Crippen LogP contribution in [0.1, 0.15) is 24.5 Å². The highest BCUT2D eigenvalue weighted by atomic mass is 19.2. The van der Waals surface area contributed by atoms with Crippen LogP contribution in [-0.4, -0.2) is 14.5 Å². The molecule has 3 aromatic rings. The van der Waals surface area contributed by atoms with E-state index >= 15 is 0 Å². The van der Waals surface area contributed by atoms with Gasteiger partial charge in [-0.15, -0.1) is 0 Å². The van der Waals surface area contributed by atoms with Gasteiger partial charge in [0, 0.05) is 42.2 Å². The molecule has 3 nitrogen and oxygen atoms in total. The third-order valence-electron chi connectivity index (χ3n) is 4.22. The molecule has 0 bridgehead atoms. The number of pyridine rings is 1. The van der Waals surface area contributed by atoms with Crippen LogP contribution in [0.4, 0.5) is 8.78 Å². The molecule has 0 N–H and O–H groups in total. The number of imidazole rings is 1. The molecule has 2 aromatic heterocycles. The summed E-state index contributed by atoms with van der Waals surface area (Å²) in [4.78, 5) is 8.86. The van der Waals surface area contributed by atoms with Crippen molar-refractivity contribution in [2.45, 2.75) is 19.9 Å². The lowest BCUT2D eigenvalue weighted by atomic mass is 10.0. The van der Waals surface area contributed by atoms with Crippen LogP contribution in [0.15, 0.2) is 36.7 Å². The van der Waals surface area contributed by atoms with Crippen molar-refractivity contribution in [3.63, 3.8) is 0 Å². The summed E-state index contributed by atoms with van der Waals surface area (Å²) in [5, 5.41) is 0. The number of allylic oxidation sites excluding steroid dienone is 2.